The normalized spacial score (nSPS) is 13.9. The molecule has 0 spiro atoms. The smallest absolute Gasteiger partial charge is 0.0183 e. The van der Waals surface area contributed by atoms with Gasteiger partial charge in [0.1, 0.15) is 0 Å². The third-order valence-electron chi connectivity index (χ3n) is 0.869. The van der Waals surface area contributed by atoms with Crippen molar-refractivity contribution in [3.05, 3.63) is 0 Å². The summed E-state index contributed by atoms with van der Waals surface area (Å²) >= 11 is 3.34. The molecule has 0 radical (unpaired) electrons. The Hall–Kier alpha value is 0.400. The molecule has 0 heterocycles. The van der Waals surface area contributed by atoms with Gasteiger partial charge in [-0.2, -0.15) is 0 Å². The van der Waals surface area contributed by atoms with E-state index in [1.54, 1.807) is 0 Å². The van der Waals surface area contributed by atoms with Gasteiger partial charge in [-0.25, -0.2) is 0 Å². The third-order valence-corrected chi connectivity index (χ3v) is 1.84. The van der Waals surface area contributed by atoms with Crippen LogP contribution in [-0.4, -0.2) is 24.5 Å². The summed E-state index contributed by atoms with van der Waals surface area (Å²) in [6, 6.07) is 0.540. The quantitative estimate of drug-likeness (QED) is 0.613. The molecule has 0 aliphatic carbocycles. The van der Waals surface area contributed by atoms with E-state index in [0.29, 0.717) is 6.04 Å². The summed E-state index contributed by atoms with van der Waals surface area (Å²) in [6.07, 6.45) is 0. The van der Waals surface area contributed by atoms with Crippen molar-refractivity contribution in [3.8, 4) is 0 Å². The molecule has 0 aromatic heterocycles. The average Bonchev–Trinajstić information content (AvgIpc) is 1.83. The summed E-state index contributed by atoms with van der Waals surface area (Å²) in [5.41, 5.74) is 5.25. The van der Waals surface area contributed by atoms with Gasteiger partial charge in [0.15, 0.2) is 0 Å². The molecule has 0 rings (SSSR count). The molecule has 3 heteroatoms. The largest absolute Gasteiger partial charge is 0.329 e. The maximum atomic E-state index is 5.25. The summed E-state index contributed by atoms with van der Waals surface area (Å²) in [4.78, 5) is 0. The Morgan fingerprint density at radius 1 is 1.75 bits per heavy atom. The number of halogens is 1. The minimum atomic E-state index is 0.540. The summed E-state index contributed by atoms with van der Waals surface area (Å²) in [5, 5.41) is 4.20. The highest BCUT2D eigenvalue weighted by Gasteiger charge is 1.93. The molecular formula is C5H13BrN2. The Morgan fingerprint density at radius 3 is 2.75 bits per heavy atom. The molecule has 1 unspecified atom stereocenters. The monoisotopic (exact) mass is 180 g/mol. The second-order valence-electron chi connectivity index (χ2n) is 1.80. The molecule has 3 N–H and O–H groups in total. The molecule has 0 aromatic carbocycles. The second kappa shape index (κ2) is 5.54. The van der Waals surface area contributed by atoms with Crippen LogP contribution in [0, 0.1) is 0 Å². The maximum Gasteiger partial charge on any atom is 0.0183 e. The van der Waals surface area contributed by atoms with Crippen LogP contribution in [0.2, 0.25) is 0 Å². The molecule has 1 atom stereocenters. The molecule has 2 nitrogen and oxygen atoms in total. The van der Waals surface area contributed by atoms with Gasteiger partial charge in [-0.05, 0) is 6.92 Å². The first-order valence-corrected chi connectivity index (χ1v) is 3.92. The van der Waals surface area contributed by atoms with Crippen LogP contribution < -0.4 is 11.1 Å². The fourth-order valence-corrected chi connectivity index (χ4v) is 0.613. The molecule has 0 aromatic rings. The molecule has 0 saturated heterocycles. The van der Waals surface area contributed by atoms with E-state index >= 15 is 0 Å². The Labute approximate surface area is 59.0 Å². The predicted octanol–water partition coefficient (Wildman–Crippen LogP) is 0.318. The van der Waals surface area contributed by atoms with E-state index in [1.807, 2.05) is 0 Å². The second-order valence-corrected chi connectivity index (χ2v) is 2.45. The fraction of sp³-hybridized carbons (Fsp3) is 1.00. The standard InChI is InChI=1S/C5H13BrN2/c1-5(4-6)8-3-2-7/h5,8H,2-4,7H2,1H3. The number of hydrogen-bond donors (Lipinski definition) is 2. The minimum absolute atomic E-state index is 0.540. The van der Waals surface area contributed by atoms with Gasteiger partial charge in [0, 0.05) is 24.5 Å². The van der Waals surface area contributed by atoms with Crippen molar-refractivity contribution in [1.82, 2.24) is 5.32 Å². The van der Waals surface area contributed by atoms with Crippen molar-refractivity contribution in [2.45, 2.75) is 13.0 Å². The molecule has 0 saturated carbocycles. The molecule has 0 amide bonds. The van der Waals surface area contributed by atoms with E-state index in [4.69, 9.17) is 5.73 Å². The van der Waals surface area contributed by atoms with Crippen LogP contribution in [0.4, 0.5) is 0 Å². The van der Waals surface area contributed by atoms with Gasteiger partial charge in [0.05, 0.1) is 0 Å². The number of alkyl halides is 1. The highest BCUT2D eigenvalue weighted by Crippen LogP contribution is 1.86. The summed E-state index contributed by atoms with van der Waals surface area (Å²) in [6.45, 7) is 3.74. The molecule has 0 aliphatic rings. The van der Waals surface area contributed by atoms with Gasteiger partial charge in [0.2, 0.25) is 0 Å². The van der Waals surface area contributed by atoms with E-state index in [1.165, 1.54) is 0 Å². The predicted molar refractivity (Wildman–Crippen MR) is 40.3 cm³/mol. The van der Waals surface area contributed by atoms with Gasteiger partial charge < -0.3 is 11.1 Å². The zero-order valence-corrected chi connectivity index (χ0v) is 6.74. The van der Waals surface area contributed by atoms with Crippen molar-refractivity contribution in [3.63, 3.8) is 0 Å². The lowest BCUT2D eigenvalue weighted by Gasteiger charge is -2.07. The lowest BCUT2D eigenvalue weighted by Crippen LogP contribution is -2.31. The zero-order chi connectivity index (χ0) is 6.41. The highest BCUT2D eigenvalue weighted by atomic mass is 79.9. The van der Waals surface area contributed by atoms with Crippen LogP contribution in [0.1, 0.15) is 6.92 Å². The minimum Gasteiger partial charge on any atom is -0.329 e. The molecule has 50 valence electrons. The van der Waals surface area contributed by atoms with E-state index in [-0.39, 0.29) is 0 Å². The van der Waals surface area contributed by atoms with Crippen LogP contribution in [0.5, 0.6) is 0 Å². The van der Waals surface area contributed by atoms with Crippen molar-refractivity contribution >= 4 is 15.9 Å². The molecular weight excluding hydrogens is 168 g/mol. The number of nitrogens with two attached hydrogens (primary N) is 1. The average molecular weight is 181 g/mol. The topological polar surface area (TPSA) is 38.0 Å². The Morgan fingerprint density at radius 2 is 2.38 bits per heavy atom. The van der Waals surface area contributed by atoms with Gasteiger partial charge in [-0.3, -0.25) is 0 Å². The Balaban J connectivity index is 2.86. The van der Waals surface area contributed by atoms with E-state index in [9.17, 15) is 0 Å². The zero-order valence-electron chi connectivity index (χ0n) is 5.15. The van der Waals surface area contributed by atoms with Gasteiger partial charge in [-0.1, -0.05) is 15.9 Å². The van der Waals surface area contributed by atoms with E-state index in [2.05, 4.69) is 28.2 Å². The van der Waals surface area contributed by atoms with Gasteiger partial charge >= 0.3 is 0 Å². The van der Waals surface area contributed by atoms with Crippen molar-refractivity contribution in [2.24, 2.45) is 5.73 Å². The Bertz CT molecular complexity index is 49.7. The first-order valence-electron chi connectivity index (χ1n) is 2.80. The fourth-order valence-electron chi connectivity index (χ4n) is 0.384. The summed E-state index contributed by atoms with van der Waals surface area (Å²) < 4.78 is 0. The molecule has 0 bridgehead atoms. The third kappa shape index (κ3) is 4.56. The van der Waals surface area contributed by atoms with Crippen molar-refractivity contribution in [2.75, 3.05) is 18.4 Å². The lowest BCUT2D eigenvalue weighted by molar-refractivity contribution is 0.605. The van der Waals surface area contributed by atoms with Crippen LogP contribution in [0.3, 0.4) is 0 Å². The maximum absolute atomic E-state index is 5.25. The summed E-state index contributed by atoms with van der Waals surface area (Å²) in [5.74, 6) is 0. The van der Waals surface area contributed by atoms with Crippen LogP contribution in [-0.2, 0) is 0 Å². The molecule has 0 fully saturated rings. The first kappa shape index (κ1) is 8.40. The Kier molecular flexibility index (Phi) is 5.81. The van der Waals surface area contributed by atoms with Crippen molar-refractivity contribution < 1.29 is 0 Å². The SMILES string of the molecule is CC(CBr)NCCN. The van der Waals surface area contributed by atoms with Crippen LogP contribution in [0.15, 0.2) is 0 Å². The number of rotatable bonds is 4. The number of hydrogen-bond acceptors (Lipinski definition) is 2. The van der Waals surface area contributed by atoms with E-state index < -0.39 is 0 Å². The molecule has 0 aliphatic heterocycles. The van der Waals surface area contributed by atoms with E-state index in [0.717, 1.165) is 18.4 Å². The number of nitrogens with one attached hydrogen (secondary N) is 1. The van der Waals surface area contributed by atoms with Gasteiger partial charge in [0.25, 0.3) is 0 Å². The van der Waals surface area contributed by atoms with Crippen LogP contribution in [0.25, 0.3) is 0 Å². The van der Waals surface area contributed by atoms with Gasteiger partial charge in [-0.15, -0.1) is 0 Å². The van der Waals surface area contributed by atoms with Crippen LogP contribution >= 0.6 is 15.9 Å². The summed E-state index contributed by atoms with van der Waals surface area (Å²) in [7, 11) is 0. The van der Waals surface area contributed by atoms with Crippen molar-refractivity contribution in [1.29, 1.82) is 0 Å². The molecule has 8 heavy (non-hydrogen) atoms. The first-order chi connectivity index (χ1) is 3.81. The lowest BCUT2D eigenvalue weighted by atomic mass is 10.4. The highest BCUT2D eigenvalue weighted by molar-refractivity contribution is 9.09.